The van der Waals surface area contributed by atoms with E-state index in [2.05, 4.69) is 0 Å². The van der Waals surface area contributed by atoms with Gasteiger partial charge in [-0.05, 0) is 20.8 Å². The van der Waals surface area contributed by atoms with Gasteiger partial charge >= 0.3 is 0 Å². The second-order valence-corrected chi connectivity index (χ2v) is 7.08. The molecule has 0 saturated carbocycles. The van der Waals surface area contributed by atoms with E-state index in [1.54, 1.807) is 11.8 Å². The summed E-state index contributed by atoms with van der Waals surface area (Å²) in [5.74, 6) is -0.345. The van der Waals surface area contributed by atoms with Gasteiger partial charge in [0.2, 0.25) is 11.8 Å². The fraction of sp³-hybridized carbons (Fsp3) is 0.875. The number of ether oxygens (including phenoxy) is 2. The third kappa shape index (κ3) is 3.98. The minimum atomic E-state index is -0.451. The molecule has 0 aliphatic carbocycles. The Morgan fingerprint density at radius 2 is 1.68 bits per heavy atom. The van der Waals surface area contributed by atoms with Gasteiger partial charge in [-0.2, -0.15) is 0 Å². The number of hydrogen-bond donors (Lipinski definition) is 0. The molecule has 2 aliphatic heterocycles. The van der Waals surface area contributed by atoms with Crippen molar-refractivity contribution in [1.29, 1.82) is 0 Å². The second kappa shape index (κ2) is 6.54. The number of carbonyl (C=O) groups excluding carboxylic acids is 2. The summed E-state index contributed by atoms with van der Waals surface area (Å²) in [6.07, 6.45) is 1.83. The number of carbonyl (C=O) groups is 2. The number of amides is 2. The highest BCUT2D eigenvalue weighted by molar-refractivity contribution is 5.78. The standard InChI is InChI=1S/C16H28N2O4/c1-13(19)18(15(2,3)4)8-5-14(20)17-9-6-16(7-10-17)21-11-12-22-16/h5-12H2,1-4H3. The lowest BCUT2D eigenvalue weighted by atomic mass is 10.0. The van der Waals surface area contributed by atoms with Gasteiger partial charge in [0, 0.05) is 51.4 Å². The van der Waals surface area contributed by atoms with Crippen LogP contribution in [-0.2, 0) is 19.1 Å². The van der Waals surface area contributed by atoms with Crippen LogP contribution in [0.1, 0.15) is 47.0 Å². The lowest BCUT2D eigenvalue weighted by molar-refractivity contribution is -0.187. The molecule has 2 heterocycles. The van der Waals surface area contributed by atoms with Crippen LogP contribution in [0.2, 0.25) is 0 Å². The van der Waals surface area contributed by atoms with Crippen LogP contribution in [0, 0.1) is 0 Å². The Balaban J connectivity index is 1.82. The van der Waals surface area contributed by atoms with Crippen molar-refractivity contribution in [3.63, 3.8) is 0 Å². The van der Waals surface area contributed by atoms with Crippen molar-refractivity contribution >= 4 is 11.8 Å². The Labute approximate surface area is 132 Å². The zero-order chi connectivity index (χ0) is 16.4. The zero-order valence-electron chi connectivity index (χ0n) is 14.2. The molecular weight excluding hydrogens is 284 g/mol. The van der Waals surface area contributed by atoms with E-state index in [1.165, 1.54) is 0 Å². The van der Waals surface area contributed by atoms with Gasteiger partial charge < -0.3 is 19.3 Å². The first-order chi connectivity index (χ1) is 10.2. The molecule has 0 aromatic heterocycles. The van der Waals surface area contributed by atoms with Crippen molar-refractivity contribution in [3.8, 4) is 0 Å². The van der Waals surface area contributed by atoms with E-state index in [1.807, 2.05) is 25.7 Å². The summed E-state index contributed by atoms with van der Waals surface area (Å²) in [7, 11) is 0. The third-order valence-corrected chi connectivity index (χ3v) is 4.43. The summed E-state index contributed by atoms with van der Waals surface area (Å²) in [4.78, 5) is 27.7. The van der Waals surface area contributed by atoms with Crippen LogP contribution in [-0.4, -0.2) is 65.8 Å². The SMILES string of the molecule is CC(=O)N(CCC(=O)N1CCC2(CC1)OCCO2)C(C)(C)C. The maximum Gasteiger partial charge on any atom is 0.224 e. The molecule has 6 heteroatoms. The Hall–Kier alpha value is -1.14. The number of hydrogen-bond acceptors (Lipinski definition) is 4. The molecule has 2 fully saturated rings. The predicted octanol–water partition coefficient (Wildman–Crippen LogP) is 1.39. The summed E-state index contributed by atoms with van der Waals surface area (Å²) >= 11 is 0. The average Bonchev–Trinajstić information content (AvgIpc) is 2.86. The minimum Gasteiger partial charge on any atom is -0.347 e. The fourth-order valence-corrected chi connectivity index (χ4v) is 3.21. The van der Waals surface area contributed by atoms with Gasteiger partial charge in [-0.1, -0.05) is 0 Å². The monoisotopic (exact) mass is 312 g/mol. The van der Waals surface area contributed by atoms with Crippen LogP contribution >= 0.6 is 0 Å². The molecule has 2 aliphatic rings. The van der Waals surface area contributed by atoms with Gasteiger partial charge in [0.05, 0.1) is 13.2 Å². The molecule has 1 spiro atoms. The van der Waals surface area contributed by atoms with Crippen molar-refractivity contribution in [1.82, 2.24) is 9.80 Å². The van der Waals surface area contributed by atoms with Crippen molar-refractivity contribution in [2.45, 2.75) is 58.3 Å². The highest BCUT2D eigenvalue weighted by Crippen LogP contribution is 2.31. The molecule has 0 aromatic rings. The van der Waals surface area contributed by atoms with Gasteiger partial charge in [-0.3, -0.25) is 9.59 Å². The van der Waals surface area contributed by atoms with Crippen LogP contribution in [0.3, 0.4) is 0 Å². The number of rotatable bonds is 3. The highest BCUT2D eigenvalue weighted by atomic mass is 16.7. The van der Waals surface area contributed by atoms with Gasteiger partial charge in [0.1, 0.15) is 0 Å². The molecular formula is C16H28N2O4. The normalized spacial score (nSPS) is 21.2. The fourth-order valence-electron chi connectivity index (χ4n) is 3.21. The van der Waals surface area contributed by atoms with Crippen LogP contribution in [0.5, 0.6) is 0 Å². The quantitative estimate of drug-likeness (QED) is 0.790. The molecule has 0 N–H and O–H groups in total. The number of piperidine rings is 1. The molecule has 0 unspecified atom stereocenters. The van der Waals surface area contributed by atoms with E-state index in [4.69, 9.17) is 9.47 Å². The summed E-state index contributed by atoms with van der Waals surface area (Å²) < 4.78 is 11.3. The average molecular weight is 312 g/mol. The van der Waals surface area contributed by atoms with Crippen LogP contribution in [0.25, 0.3) is 0 Å². The first-order valence-corrected chi connectivity index (χ1v) is 8.07. The molecule has 2 saturated heterocycles. The third-order valence-electron chi connectivity index (χ3n) is 4.43. The smallest absolute Gasteiger partial charge is 0.224 e. The molecule has 0 radical (unpaired) electrons. The van der Waals surface area contributed by atoms with E-state index in [0.717, 1.165) is 12.8 Å². The molecule has 0 bridgehead atoms. The predicted molar refractivity (Wildman–Crippen MR) is 82.2 cm³/mol. The molecule has 22 heavy (non-hydrogen) atoms. The molecule has 0 atom stereocenters. The van der Waals surface area contributed by atoms with Crippen molar-refractivity contribution in [2.75, 3.05) is 32.8 Å². The van der Waals surface area contributed by atoms with Crippen LogP contribution in [0.4, 0.5) is 0 Å². The maximum atomic E-state index is 12.4. The topological polar surface area (TPSA) is 59.1 Å². The van der Waals surface area contributed by atoms with E-state index in [0.29, 0.717) is 39.3 Å². The summed E-state index contributed by atoms with van der Waals surface area (Å²) in [6, 6.07) is 0. The summed E-state index contributed by atoms with van der Waals surface area (Å²) in [6.45, 7) is 10.6. The van der Waals surface area contributed by atoms with Gasteiger partial charge in [0.15, 0.2) is 5.79 Å². The largest absolute Gasteiger partial charge is 0.347 e. The highest BCUT2D eigenvalue weighted by Gasteiger charge is 2.40. The van der Waals surface area contributed by atoms with Crippen LogP contribution in [0.15, 0.2) is 0 Å². The first-order valence-electron chi connectivity index (χ1n) is 8.07. The van der Waals surface area contributed by atoms with E-state index < -0.39 is 5.79 Å². The second-order valence-electron chi connectivity index (χ2n) is 7.08. The Morgan fingerprint density at radius 1 is 1.14 bits per heavy atom. The van der Waals surface area contributed by atoms with Crippen molar-refractivity contribution < 1.29 is 19.1 Å². The van der Waals surface area contributed by atoms with Gasteiger partial charge in [-0.15, -0.1) is 0 Å². The lowest BCUT2D eigenvalue weighted by Gasteiger charge is -2.38. The van der Waals surface area contributed by atoms with Gasteiger partial charge in [0.25, 0.3) is 0 Å². The van der Waals surface area contributed by atoms with Gasteiger partial charge in [-0.25, -0.2) is 0 Å². The maximum absolute atomic E-state index is 12.4. The molecule has 0 aromatic carbocycles. The summed E-state index contributed by atoms with van der Waals surface area (Å²) in [5.41, 5.74) is -0.260. The van der Waals surface area contributed by atoms with E-state index >= 15 is 0 Å². The summed E-state index contributed by atoms with van der Waals surface area (Å²) in [5, 5.41) is 0. The molecule has 2 amide bonds. The Morgan fingerprint density at radius 3 is 2.14 bits per heavy atom. The van der Waals surface area contributed by atoms with Crippen LogP contribution < -0.4 is 0 Å². The Bertz CT molecular complexity index is 414. The molecule has 6 nitrogen and oxygen atoms in total. The first kappa shape index (κ1) is 17.2. The number of nitrogens with zero attached hydrogens (tertiary/aromatic N) is 2. The Kier molecular flexibility index (Phi) is 5.12. The minimum absolute atomic E-state index is 0.00523. The van der Waals surface area contributed by atoms with Crippen molar-refractivity contribution in [3.05, 3.63) is 0 Å². The van der Waals surface area contributed by atoms with Crippen molar-refractivity contribution in [2.24, 2.45) is 0 Å². The number of likely N-dealkylation sites (tertiary alicyclic amines) is 1. The lowest BCUT2D eigenvalue weighted by Crippen LogP contribution is -2.49. The zero-order valence-corrected chi connectivity index (χ0v) is 14.2. The van der Waals surface area contributed by atoms with E-state index in [9.17, 15) is 9.59 Å². The molecule has 2 rings (SSSR count). The van der Waals surface area contributed by atoms with E-state index in [-0.39, 0.29) is 17.4 Å². The molecule has 126 valence electrons.